The molecule has 1 saturated heterocycles. The smallest absolute Gasteiger partial charge is 0.316 e. The zero-order chi connectivity index (χ0) is 19.2. The van der Waals surface area contributed by atoms with Crippen LogP contribution in [0.25, 0.3) is 5.65 Å². The number of rotatable bonds is 2. The van der Waals surface area contributed by atoms with Crippen LogP contribution in [0.4, 0.5) is 13.2 Å². The largest absolute Gasteiger partial charge is 0.391 e. The fraction of sp³-hybridized carbons (Fsp3) is 0.700. The molecule has 0 unspecified atom stereocenters. The standard InChI is InChI=1S/C20H27F3N4/c1-12-7-8-24-11-16(12)18-9-13(2)25-19-10-17(26-27(18)19)14-3-5-15(6-4-14)20(21,22)23/h9-10,12,14-16,24H,3-8,11H2,1-2H3/t12-,14?,15?,16+/m0/s1. The highest BCUT2D eigenvalue weighted by Crippen LogP contribution is 2.42. The molecule has 1 saturated carbocycles. The molecule has 148 valence electrons. The molecule has 1 aliphatic heterocycles. The number of alkyl halides is 3. The number of nitrogens with one attached hydrogen (secondary N) is 1. The van der Waals surface area contributed by atoms with Gasteiger partial charge in [0.05, 0.1) is 17.3 Å². The Morgan fingerprint density at radius 3 is 2.52 bits per heavy atom. The van der Waals surface area contributed by atoms with Gasteiger partial charge in [-0.15, -0.1) is 0 Å². The number of hydrogen-bond donors (Lipinski definition) is 1. The third kappa shape index (κ3) is 3.71. The highest BCUT2D eigenvalue weighted by Gasteiger charge is 2.42. The van der Waals surface area contributed by atoms with Crippen molar-refractivity contribution in [2.75, 3.05) is 13.1 Å². The van der Waals surface area contributed by atoms with Crippen molar-refractivity contribution in [1.29, 1.82) is 0 Å². The predicted octanol–water partition coefficient (Wildman–Crippen LogP) is 4.59. The molecule has 4 rings (SSSR count). The van der Waals surface area contributed by atoms with Crippen LogP contribution < -0.4 is 5.32 Å². The summed E-state index contributed by atoms with van der Waals surface area (Å²) in [5, 5.41) is 8.29. The molecule has 0 aromatic carbocycles. The van der Waals surface area contributed by atoms with Gasteiger partial charge >= 0.3 is 6.18 Å². The van der Waals surface area contributed by atoms with Gasteiger partial charge in [-0.2, -0.15) is 18.3 Å². The van der Waals surface area contributed by atoms with Crippen LogP contribution in [-0.2, 0) is 0 Å². The first-order valence-corrected chi connectivity index (χ1v) is 9.97. The maximum Gasteiger partial charge on any atom is 0.391 e. The van der Waals surface area contributed by atoms with Gasteiger partial charge in [-0.05, 0) is 57.6 Å². The van der Waals surface area contributed by atoms with Crippen molar-refractivity contribution in [3.05, 3.63) is 29.2 Å². The summed E-state index contributed by atoms with van der Waals surface area (Å²) in [6.45, 7) is 6.23. The van der Waals surface area contributed by atoms with Crippen LogP contribution in [0, 0.1) is 18.8 Å². The van der Waals surface area contributed by atoms with Gasteiger partial charge < -0.3 is 5.32 Å². The second-order valence-electron chi connectivity index (χ2n) is 8.33. The van der Waals surface area contributed by atoms with Crippen molar-refractivity contribution in [2.45, 2.75) is 64.0 Å². The number of aromatic nitrogens is 3. The average molecular weight is 380 g/mol. The van der Waals surface area contributed by atoms with E-state index in [9.17, 15) is 13.2 Å². The summed E-state index contributed by atoms with van der Waals surface area (Å²) in [5.74, 6) is -0.126. The van der Waals surface area contributed by atoms with E-state index in [-0.39, 0.29) is 18.8 Å². The third-order valence-electron chi connectivity index (χ3n) is 6.42. The first-order chi connectivity index (χ1) is 12.8. The highest BCUT2D eigenvalue weighted by molar-refractivity contribution is 5.43. The third-order valence-corrected chi connectivity index (χ3v) is 6.42. The summed E-state index contributed by atoms with van der Waals surface area (Å²) in [5.41, 5.74) is 3.83. The molecule has 27 heavy (non-hydrogen) atoms. The molecule has 1 N–H and O–H groups in total. The summed E-state index contributed by atoms with van der Waals surface area (Å²) < 4.78 is 40.8. The molecule has 4 nitrogen and oxygen atoms in total. The van der Waals surface area contributed by atoms with Crippen LogP contribution in [0.15, 0.2) is 12.1 Å². The average Bonchev–Trinajstić information content (AvgIpc) is 3.05. The Morgan fingerprint density at radius 1 is 1.11 bits per heavy atom. The molecule has 0 amide bonds. The summed E-state index contributed by atoms with van der Waals surface area (Å²) in [6.07, 6.45) is -1.45. The number of nitrogens with zero attached hydrogens (tertiary/aromatic N) is 3. The van der Waals surface area contributed by atoms with E-state index in [2.05, 4.69) is 23.3 Å². The van der Waals surface area contributed by atoms with Crippen LogP contribution in [-0.4, -0.2) is 33.9 Å². The Bertz CT molecular complexity index is 805. The lowest BCUT2D eigenvalue weighted by Gasteiger charge is -2.30. The lowest BCUT2D eigenvalue weighted by atomic mass is 9.80. The summed E-state index contributed by atoms with van der Waals surface area (Å²) in [4.78, 5) is 4.63. The van der Waals surface area contributed by atoms with Crippen molar-refractivity contribution in [3.8, 4) is 0 Å². The first-order valence-electron chi connectivity index (χ1n) is 9.97. The monoisotopic (exact) mass is 380 g/mol. The number of halogens is 3. The van der Waals surface area contributed by atoms with Crippen molar-refractivity contribution >= 4 is 5.65 Å². The minimum Gasteiger partial charge on any atom is -0.316 e. The van der Waals surface area contributed by atoms with Crippen LogP contribution in [0.2, 0.25) is 0 Å². The van der Waals surface area contributed by atoms with Gasteiger partial charge in [0.15, 0.2) is 5.65 Å². The second-order valence-corrected chi connectivity index (χ2v) is 8.33. The number of piperidine rings is 1. The minimum atomic E-state index is -4.07. The normalized spacial score (nSPS) is 30.0. The summed E-state index contributed by atoms with van der Waals surface area (Å²) in [7, 11) is 0. The van der Waals surface area contributed by atoms with Crippen molar-refractivity contribution < 1.29 is 13.2 Å². The van der Waals surface area contributed by atoms with E-state index in [1.165, 1.54) is 0 Å². The molecule has 2 atom stereocenters. The first kappa shape index (κ1) is 18.7. The molecule has 7 heteroatoms. The zero-order valence-electron chi connectivity index (χ0n) is 15.9. The van der Waals surface area contributed by atoms with Crippen LogP contribution in [0.3, 0.4) is 0 Å². The van der Waals surface area contributed by atoms with Gasteiger partial charge in [0.2, 0.25) is 0 Å². The Morgan fingerprint density at radius 2 is 1.85 bits per heavy atom. The lowest BCUT2D eigenvalue weighted by Crippen LogP contribution is -2.35. The maximum absolute atomic E-state index is 12.9. The SMILES string of the molecule is Cc1cc([C@@H]2CNCC[C@@H]2C)n2nc(C3CCC(C(F)(F)F)CC3)cc2n1. The minimum absolute atomic E-state index is 0.0976. The van der Waals surface area contributed by atoms with Gasteiger partial charge in [-0.1, -0.05) is 6.92 Å². The van der Waals surface area contributed by atoms with E-state index >= 15 is 0 Å². The van der Waals surface area contributed by atoms with E-state index in [0.717, 1.165) is 42.2 Å². The van der Waals surface area contributed by atoms with Gasteiger partial charge in [-0.3, -0.25) is 0 Å². The predicted molar refractivity (Wildman–Crippen MR) is 97.9 cm³/mol. The molecule has 3 heterocycles. The lowest BCUT2D eigenvalue weighted by molar-refractivity contribution is -0.182. The van der Waals surface area contributed by atoms with E-state index < -0.39 is 12.1 Å². The zero-order valence-corrected chi connectivity index (χ0v) is 15.9. The number of hydrogen-bond acceptors (Lipinski definition) is 3. The summed E-state index contributed by atoms with van der Waals surface area (Å²) in [6, 6.07) is 4.09. The van der Waals surface area contributed by atoms with Gasteiger partial charge in [0.1, 0.15) is 0 Å². The van der Waals surface area contributed by atoms with Crippen LogP contribution in [0.1, 0.15) is 67.9 Å². The van der Waals surface area contributed by atoms with Crippen molar-refractivity contribution in [2.24, 2.45) is 11.8 Å². The van der Waals surface area contributed by atoms with E-state index in [0.29, 0.717) is 24.7 Å². The van der Waals surface area contributed by atoms with Gasteiger partial charge in [-0.25, -0.2) is 9.50 Å². The molecule has 2 aromatic rings. The van der Waals surface area contributed by atoms with Gasteiger partial charge in [0, 0.05) is 30.1 Å². The second kappa shape index (κ2) is 7.08. The number of fused-ring (bicyclic) bond motifs is 1. The molecule has 1 aliphatic carbocycles. The van der Waals surface area contributed by atoms with Gasteiger partial charge in [0.25, 0.3) is 0 Å². The molecule has 0 bridgehead atoms. The van der Waals surface area contributed by atoms with Crippen molar-refractivity contribution in [3.63, 3.8) is 0 Å². The Labute approximate surface area is 157 Å². The Hall–Kier alpha value is -1.63. The van der Waals surface area contributed by atoms with E-state index in [1.54, 1.807) is 0 Å². The van der Waals surface area contributed by atoms with Crippen LogP contribution in [0.5, 0.6) is 0 Å². The van der Waals surface area contributed by atoms with Crippen molar-refractivity contribution in [1.82, 2.24) is 19.9 Å². The molecule has 0 spiro atoms. The molecule has 0 radical (unpaired) electrons. The van der Waals surface area contributed by atoms with E-state index in [1.807, 2.05) is 17.5 Å². The molecule has 2 aromatic heterocycles. The molecule has 2 aliphatic rings. The number of aryl methyl sites for hydroxylation is 1. The quantitative estimate of drug-likeness (QED) is 0.829. The van der Waals surface area contributed by atoms with Crippen LogP contribution >= 0.6 is 0 Å². The highest BCUT2D eigenvalue weighted by atomic mass is 19.4. The Kier molecular flexibility index (Phi) is 4.91. The molecule has 2 fully saturated rings. The molecular weight excluding hydrogens is 353 g/mol. The molecular formula is C20H27F3N4. The summed E-state index contributed by atoms with van der Waals surface area (Å²) >= 11 is 0. The Balaban J connectivity index is 1.62. The fourth-order valence-electron chi connectivity index (χ4n) is 4.71. The topological polar surface area (TPSA) is 42.2 Å². The van der Waals surface area contributed by atoms with E-state index in [4.69, 9.17) is 5.10 Å². The fourth-order valence-corrected chi connectivity index (χ4v) is 4.71. The maximum atomic E-state index is 12.9.